The van der Waals surface area contributed by atoms with Crippen molar-refractivity contribution in [3.05, 3.63) is 22.4 Å². The molecule has 6 heteroatoms. The number of nitrogens with zero attached hydrogens (tertiary/aromatic N) is 2. The lowest BCUT2D eigenvalue weighted by Gasteiger charge is -2.50. The average molecular weight is 251 g/mol. The Balaban J connectivity index is 1.69. The lowest BCUT2D eigenvalue weighted by Crippen LogP contribution is -2.70. The fraction of sp³-hybridized carbons (Fsp3) is 0.455. The second kappa shape index (κ2) is 3.46. The van der Waals surface area contributed by atoms with Gasteiger partial charge in [0.05, 0.1) is 11.1 Å². The van der Waals surface area contributed by atoms with E-state index >= 15 is 0 Å². The Kier molecular flexibility index (Phi) is 2.16. The molecule has 2 aliphatic rings. The van der Waals surface area contributed by atoms with Crippen LogP contribution in [0.1, 0.15) is 10.4 Å². The van der Waals surface area contributed by atoms with Crippen molar-refractivity contribution < 1.29 is 9.59 Å². The van der Waals surface area contributed by atoms with Crippen LogP contribution in [-0.4, -0.2) is 54.0 Å². The Bertz CT molecular complexity index is 465. The van der Waals surface area contributed by atoms with Gasteiger partial charge in [-0.3, -0.25) is 4.79 Å². The molecule has 0 bridgehead atoms. The molecule has 1 spiro atoms. The minimum atomic E-state index is -0.178. The quantitative estimate of drug-likeness (QED) is 0.794. The Morgan fingerprint density at radius 1 is 1.53 bits per heavy atom. The first kappa shape index (κ1) is 10.6. The van der Waals surface area contributed by atoms with Gasteiger partial charge in [-0.25, -0.2) is 4.79 Å². The van der Waals surface area contributed by atoms with Crippen molar-refractivity contribution in [2.45, 2.75) is 5.54 Å². The molecule has 1 aromatic rings. The number of likely N-dealkylation sites (N-methyl/N-ethyl adjacent to an activating group) is 1. The average Bonchev–Trinajstić information content (AvgIpc) is 2.87. The summed E-state index contributed by atoms with van der Waals surface area (Å²) in [6, 6.07) is 1.78. The minimum absolute atomic E-state index is 0.0485. The third kappa shape index (κ3) is 1.44. The van der Waals surface area contributed by atoms with Gasteiger partial charge in [0.15, 0.2) is 0 Å². The fourth-order valence-electron chi connectivity index (χ4n) is 2.39. The Morgan fingerprint density at radius 2 is 2.29 bits per heavy atom. The van der Waals surface area contributed by atoms with Crippen molar-refractivity contribution >= 4 is 23.3 Å². The van der Waals surface area contributed by atoms with Crippen LogP contribution in [0.5, 0.6) is 0 Å². The van der Waals surface area contributed by atoms with Crippen LogP contribution in [0, 0.1) is 0 Å². The van der Waals surface area contributed by atoms with Crippen LogP contribution in [-0.2, 0) is 0 Å². The van der Waals surface area contributed by atoms with E-state index in [4.69, 9.17) is 0 Å². The van der Waals surface area contributed by atoms with Gasteiger partial charge in [-0.05, 0) is 11.4 Å². The number of hydrogen-bond donors (Lipinski definition) is 1. The van der Waals surface area contributed by atoms with Crippen molar-refractivity contribution in [2.75, 3.05) is 26.7 Å². The standard InChI is InChI=1S/C11H13N3O2S/c1-13-10(16)12-5-11(13)6-14(7-11)9(15)8-2-3-17-4-8/h2-4H,5-7H2,1H3,(H,12,16). The van der Waals surface area contributed by atoms with Gasteiger partial charge in [-0.15, -0.1) is 0 Å². The van der Waals surface area contributed by atoms with Crippen LogP contribution in [0.3, 0.4) is 0 Å². The Morgan fingerprint density at radius 3 is 2.82 bits per heavy atom. The summed E-state index contributed by atoms with van der Waals surface area (Å²) in [5, 5.41) is 6.56. The van der Waals surface area contributed by atoms with Crippen LogP contribution in [0.15, 0.2) is 16.8 Å². The molecule has 1 aromatic heterocycles. The summed E-state index contributed by atoms with van der Waals surface area (Å²) in [6.07, 6.45) is 0. The van der Waals surface area contributed by atoms with Crippen LogP contribution in [0.2, 0.25) is 0 Å². The van der Waals surface area contributed by atoms with Crippen molar-refractivity contribution in [3.63, 3.8) is 0 Å². The molecule has 2 saturated heterocycles. The molecule has 3 rings (SSSR count). The van der Waals surface area contributed by atoms with E-state index in [0.29, 0.717) is 19.6 Å². The van der Waals surface area contributed by atoms with Gasteiger partial charge < -0.3 is 15.1 Å². The summed E-state index contributed by atoms with van der Waals surface area (Å²) in [5.41, 5.74) is 0.563. The maximum atomic E-state index is 12.0. The molecule has 0 radical (unpaired) electrons. The smallest absolute Gasteiger partial charge is 0.317 e. The predicted octanol–water partition coefficient (Wildman–Crippen LogP) is 0.598. The van der Waals surface area contributed by atoms with Crippen LogP contribution in [0.4, 0.5) is 4.79 Å². The summed E-state index contributed by atoms with van der Waals surface area (Å²) >= 11 is 1.52. The number of urea groups is 1. The van der Waals surface area contributed by atoms with Crippen LogP contribution < -0.4 is 5.32 Å². The van der Waals surface area contributed by atoms with Crippen molar-refractivity contribution in [1.82, 2.24) is 15.1 Å². The summed E-state index contributed by atoms with van der Waals surface area (Å²) in [7, 11) is 1.79. The minimum Gasteiger partial charge on any atom is -0.335 e. The number of carbonyl (C=O) groups excluding carboxylic acids is 2. The molecular formula is C11H13N3O2S. The molecule has 3 amide bonds. The highest BCUT2D eigenvalue weighted by atomic mass is 32.1. The second-order valence-corrected chi connectivity index (χ2v) is 5.40. The first-order valence-electron chi connectivity index (χ1n) is 5.46. The number of likely N-dealkylation sites (tertiary alicyclic amines) is 1. The van der Waals surface area contributed by atoms with E-state index in [0.717, 1.165) is 5.56 Å². The SMILES string of the molecule is CN1C(=O)NCC12CN(C(=O)c1ccsc1)C2. The zero-order chi connectivity index (χ0) is 12.0. The van der Waals surface area contributed by atoms with Gasteiger partial charge >= 0.3 is 6.03 Å². The second-order valence-electron chi connectivity index (χ2n) is 4.62. The van der Waals surface area contributed by atoms with Crippen molar-refractivity contribution in [1.29, 1.82) is 0 Å². The molecule has 3 heterocycles. The number of amides is 3. The third-order valence-electron chi connectivity index (χ3n) is 3.61. The molecule has 2 aliphatic heterocycles. The van der Waals surface area contributed by atoms with Gasteiger partial charge in [0, 0.05) is 32.1 Å². The van der Waals surface area contributed by atoms with E-state index in [1.165, 1.54) is 11.3 Å². The molecule has 0 saturated carbocycles. The van der Waals surface area contributed by atoms with Crippen LogP contribution >= 0.6 is 11.3 Å². The molecule has 5 nitrogen and oxygen atoms in total. The number of carbonyl (C=O) groups is 2. The molecule has 2 fully saturated rings. The summed E-state index contributed by atoms with van der Waals surface area (Å²) in [4.78, 5) is 26.9. The molecule has 0 unspecified atom stereocenters. The highest BCUT2D eigenvalue weighted by molar-refractivity contribution is 7.08. The number of hydrogen-bond acceptors (Lipinski definition) is 3. The van der Waals surface area contributed by atoms with Gasteiger partial charge in [0.1, 0.15) is 0 Å². The lowest BCUT2D eigenvalue weighted by atomic mass is 9.89. The van der Waals surface area contributed by atoms with E-state index < -0.39 is 0 Å². The monoisotopic (exact) mass is 251 g/mol. The zero-order valence-corrected chi connectivity index (χ0v) is 10.3. The maximum Gasteiger partial charge on any atom is 0.317 e. The summed E-state index contributed by atoms with van der Waals surface area (Å²) < 4.78 is 0. The molecule has 0 atom stereocenters. The molecule has 0 aliphatic carbocycles. The molecule has 17 heavy (non-hydrogen) atoms. The van der Waals surface area contributed by atoms with Crippen molar-refractivity contribution in [2.24, 2.45) is 0 Å². The summed E-state index contributed by atoms with van der Waals surface area (Å²) in [5.74, 6) is 0.0598. The normalized spacial score (nSPS) is 21.6. The van der Waals surface area contributed by atoms with E-state index in [1.54, 1.807) is 16.8 Å². The number of thiophene rings is 1. The van der Waals surface area contributed by atoms with Gasteiger partial charge in [0.25, 0.3) is 5.91 Å². The molecule has 90 valence electrons. The Hall–Kier alpha value is -1.56. The molecular weight excluding hydrogens is 238 g/mol. The van der Waals surface area contributed by atoms with E-state index in [1.807, 2.05) is 16.8 Å². The fourth-order valence-corrected chi connectivity index (χ4v) is 3.02. The van der Waals surface area contributed by atoms with Gasteiger partial charge in [-0.2, -0.15) is 11.3 Å². The van der Waals surface area contributed by atoms with E-state index in [9.17, 15) is 9.59 Å². The number of nitrogens with one attached hydrogen (secondary N) is 1. The largest absolute Gasteiger partial charge is 0.335 e. The van der Waals surface area contributed by atoms with Crippen molar-refractivity contribution in [3.8, 4) is 0 Å². The van der Waals surface area contributed by atoms with Crippen LogP contribution in [0.25, 0.3) is 0 Å². The van der Waals surface area contributed by atoms with E-state index in [-0.39, 0.29) is 17.5 Å². The highest BCUT2D eigenvalue weighted by Crippen LogP contribution is 2.31. The third-order valence-corrected chi connectivity index (χ3v) is 4.29. The molecule has 0 aromatic carbocycles. The molecule has 1 N–H and O–H groups in total. The lowest BCUT2D eigenvalue weighted by molar-refractivity contribution is 0.00781. The van der Waals surface area contributed by atoms with E-state index in [2.05, 4.69) is 5.32 Å². The maximum absolute atomic E-state index is 12.0. The Labute approximate surface area is 103 Å². The number of rotatable bonds is 1. The highest BCUT2D eigenvalue weighted by Gasteiger charge is 2.53. The topological polar surface area (TPSA) is 52.7 Å². The van der Waals surface area contributed by atoms with Gasteiger partial charge in [-0.1, -0.05) is 0 Å². The first-order valence-corrected chi connectivity index (χ1v) is 6.40. The predicted molar refractivity (Wildman–Crippen MR) is 64.1 cm³/mol. The first-order chi connectivity index (χ1) is 8.12. The zero-order valence-electron chi connectivity index (χ0n) is 9.47. The summed E-state index contributed by atoms with van der Waals surface area (Å²) in [6.45, 7) is 1.88. The van der Waals surface area contributed by atoms with Gasteiger partial charge in [0.2, 0.25) is 0 Å².